The first-order chi connectivity index (χ1) is 18.8. The number of nitrogens with one attached hydrogen (secondary N) is 1. The Kier molecular flexibility index (Phi) is 9.35. The van der Waals surface area contributed by atoms with Gasteiger partial charge in [0.25, 0.3) is 10.0 Å². The second-order valence-corrected chi connectivity index (χ2v) is 11.7. The quantitative estimate of drug-likeness (QED) is 0.379. The highest BCUT2D eigenvalue weighted by Crippen LogP contribution is 2.25. The number of hydrogen-bond acceptors (Lipinski definition) is 4. The largest absolute Gasteiger partial charge is 0.352 e. The Morgan fingerprint density at radius 1 is 0.923 bits per heavy atom. The molecule has 7 nitrogen and oxygen atoms in total. The summed E-state index contributed by atoms with van der Waals surface area (Å²) in [5.41, 5.74) is 1.14. The van der Waals surface area contributed by atoms with Crippen molar-refractivity contribution in [3.05, 3.63) is 96.3 Å². The van der Waals surface area contributed by atoms with Gasteiger partial charge in [-0.2, -0.15) is 0 Å². The van der Waals surface area contributed by atoms with Gasteiger partial charge in [0.2, 0.25) is 11.8 Å². The standard InChI is InChI=1S/C30H34FN3O4S/c1-23(30(36)32-26-12-8-9-13-26)33(21-20-24-10-4-2-5-11-24)29(35)22-34(27-18-16-25(31)17-19-27)39(37,38)28-14-6-3-7-15-28/h2-7,10-11,14-19,23,26H,8-9,12-13,20-22H2,1H3,(H,32,36)/t23-/m0/s1. The highest BCUT2D eigenvalue weighted by Gasteiger charge is 2.33. The van der Waals surface area contributed by atoms with Crippen molar-refractivity contribution in [3.63, 3.8) is 0 Å². The molecule has 0 heterocycles. The third-order valence-corrected chi connectivity index (χ3v) is 8.87. The number of carbonyl (C=O) groups is 2. The Bertz CT molecular complexity index is 1350. The molecule has 39 heavy (non-hydrogen) atoms. The van der Waals surface area contributed by atoms with Crippen LogP contribution < -0.4 is 9.62 Å². The Morgan fingerprint density at radius 2 is 1.51 bits per heavy atom. The zero-order chi connectivity index (χ0) is 27.8. The molecule has 1 N–H and O–H groups in total. The van der Waals surface area contributed by atoms with Crippen LogP contribution in [0.3, 0.4) is 0 Å². The summed E-state index contributed by atoms with van der Waals surface area (Å²) in [6.45, 7) is 1.35. The van der Waals surface area contributed by atoms with E-state index in [1.165, 1.54) is 29.2 Å². The first-order valence-corrected chi connectivity index (χ1v) is 14.7. The molecule has 3 aromatic rings. The molecular weight excluding hydrogens is 517 g/mol. The Balaban J connectivity index is 1.62. The van der Waals surface area contributed by atoms with Crippen LogP contribution in [-0.4, -0.2) is 50.3 Å². The van der Waals surface area contributed by atoms with Crippen molar-refractivity contribution in [1.29, 1.82) is 0 Å². The molecule has 1 aliphatic rings. The second kappa shape index (κ2) is 12.9. The maximum atomic E-state index is 13.8. The Morgan fingerprint density at radius 3 is 2.13 bits per heavy atom. The van der Waals surface area contributed by atoms with Crippen LogP contribution in [0.1, 0.15) is 38.2 Å². The molecule has 0 saturated heterocycles. The maximum absolute atomic E-state index is 13.8. The van der Waals surface area contributed by atoms with Crippen molar-refractivity contribution in [3.8, 4) is 0 Å². The molecule has 4 rings (SSSR count). The Labute approximate surface area is 229 Å². The average molecular weight is 552 g/mol. The van der Waals surface area contributed by atoms with Crippen LogP contribution in [-0.2, 0) is 26.0 Å². The normalized spacial score (nSPS) is 14.5. The number of nitrogens with zero attached hydrogens (tertiary/aromatic N) is 2. The van der Waals surface area contributed by atoms with Crippen molar-refractivity contribution in [2.45, 2.75) is 56.0 Å². The van der Waals surface area contributed by atoms with Gasteiger partial charge in [0, 0.05) is 12.6 Å². The molecule has 0 unspecified atom stereocenters. The maximum Gasteiger partial charge on any atom is 0.264 e. The first-order valence-electron chi connectivity index (χ1n) is 13.2. The van der Waals surface area contributed by atoms with E-state index in [0.717, 1.165) is 47.7 Å². The fourth-order valence-corrected chi connectivity index (χ4v) is 6.25. The van der Waals surface area contributed by atoms with Crippen molar-refractivity contribution >= 4 is 27.5 Å². The summed E-state index contributed by atoms with van der Waals surface area (Å²) in [5, 5.41) is 3.05. The lowest BCUT2D eigenvalue weighted by molar-refractivity contribution is -0.139. The third-order valence-electron chi connectivity index (χ3n) is 7.08. The number of sulfonamides is 1. The monoisotopic (exact) mass is 551 g/mol. The molecule has 206 valence electrons. The van der Waals surface area contributed by atoms with Gasteiger partial charge in [0.15, 0.2) is 0 Å². The van der Waals surface area contributed by atoms with Crippen LogP contribution >= 0.6 is 0 Å². The molecule has 9 heteroatoms. The summed E-state index contributed by atoms with van der Waals surface area (Å²) in [6.07, 6.45) is 4.42. The van der Waals surface area contributed by atoms with Gasteiger partial charge in [-0.3, -0.25) is 13.9 Å². The van der Waals surface area contributed by atoms with E-state index in [9.17, 15) is 22.4 Å². The zero-order valence-electron chi connectivity index (χ0n) is 22.0. The lowest BCUT2D eigenvalue weighted by Crippen LogP contribution is -2.53. The van der Waals surface area contributed by atoms with Crippen LogP contribution in [0, 0.1) is 5.82 Å². The van der Waals surface area contributed by atoms with Crippen molar-refractivity contribution in [1.82, 2.24) is 10.2 Å². The molecule has 0 radical (unpaired) electrons. The first kappa shape index (κ1) is 28.3. The van der Waals surface area contributed by atoms with E-state index in [1.54, 1.807) is 25.1 Å². The minimum absolute atomic E-state index is 0.00462. The van der Waals surface area contributed by atoms with E-state index >= 15 is 0 Å². The minimum atomic E-state index is -4.16. The van der Waals surface area contributed by atoms with E-state index < -0.39 is 34.3 Å². The summed E-state index contributed by atoms with van der Waals surface area (Å²) in [7, 11) is -4.16. The molecule has 3 aromatic carbocycles. The number of halogens is 1. The lowest BCUT2D eigenvalue weighted by Gasteiger charge is -2.32. The summed E-state index contributed by atoms with van der Waals surface area (Å²) in [4.78, 5) is 28.5. The molecule has 1 aliphatic carbocycles. The van der Waals surface area contributed by atoms with Crippen molar-refractivity contribution in [2.24, 2.45) is 0 Å². The molecule has 0 aromatic heterocycles. The van der Waals surface area contributed by atoms with Gasteiger partial charge < -0.3 is 10.2 Å². The number of carbonyl (C=O) groups excluding carboxylic acids is 2. The van der Waals surface area contributed by atoms with Gasteiger partial charge in [-0.25, -0.2) is 12.8 Å². The average Bonchev–Trinajstić information content (AvgIpc) is 3.46. The van der Waals surface area contributed by atoms with Crippen LogP contribution in [0.5, 0.6) is 0 Å². The molecular formula is C30H34FN3O4S. The molecule has 1 fully saturated rings. The fourth-order valence-electron chi connectivity index (χ4n) is 4.82. The number of rotatable bonds is 11. The van der Waals surface area contributed by atoms with Crippen LogP contribution in [0.2, 0.25) is 0 Å². The molecule has 2 amide bonds. The van der Waals surface area contributed by atoms with Gasteiger partial charge in [-0.05, 0) is 68.1 Å². The lowest BCUT2D eigenvalue weighted by atomic mass is 10.1. The van der Waals surface area contributed by atoms with Gasteiger partial charge in [0.1, 0.15) is 18.4 Å². The van der Waals surface area contributed by atoms with Crippen molar-refractivity contribution < 1.29 is 22.4 Å². The number of hydrogen-bond donors (Lipinski definition) is 1. The zero-order valence-corrected chi connectivity index (χ0v) is 22.8. The van der Waals surface area contributed by atoms with E-state index in [1.807, 2.05) is 30.3 Å². The second-order valence-electron chi connectivity index (χ2n) is 9.79. The van der Waals surface area contributed by atoms with Gasteiger partial charge in [-0.15, -0.1) is 0 Å². The molecule has 1 atom stereocenters. The van der Waals surface area contributed by atoms with Crippen LogP contribution in [0.4, 0.5) is 10.1 Å². The number of anilines is 1. The van der Waals surface area contributed by atoms with Crippen LogP contribution in [0.15, 0.2) is 89.8 Å². The van der Waals surface area contributed by atoms with E-state index in [-0.39, 0.29) is 29.1 Å². The smallest absolute Gasteiger partial charge is 0.264 e. The molecule has 0 spiro atoms. The minimum Gasteiger partial charge on any atom is -0.352 e. The van der Waals surface area contributed by atoms with Gasteiger partial charge in [0.05, 0.1) is 10.6 Å². The van der Waals surface area contributed by atoms with E-state index in [2.05, 4.69) is 5.32 Å². The SMILES string of the molecule is C[C@@H](C(=O)NC1CCCC1)N(CCc1ccccc1)C(=O)CN(c1ccc(F)cc1)S(=O)(=O)c1ccccc1. The van der Waals surface area contributed by atoms with Crippen molar-refractivity contribution in [2.75, 3.05) is 17.4 Å². The summed E-state index contributed by atoms with van der Waals surface area (Å²) < 4.78 is 42.0. The summed E-state index contributed by atoms with van der Waals surface area (Å²) in [6, 6.07) is 21.6. The highest BCUT2D eigenvalue weighted by atomic mass is 32.2. The van der Waals surface area contributed by atoms with E-state index in [4.69, 9.17) is 0 Å². The molecule has 1 saturated carbocycles. The predicted molar refractivity (Wildman–Crippen MR) is 149 cm³/mol. The Hall–Kier alpha value is -3.72. The third kappa shape index (κ3) is 7.23. The fraction of sp³-hybridized carbons (Fsp3) is 0.333. The van der Waals surface area contributed by atoms with Gasteiger partial charge in [-0.1, -0.05) is 61.4 Å². The summed E-state index contributed by atoms with van der Waals surface area (Å²) >= 11 is 0. The van der Waals surface area contributed by atoms with Gasteiger partial charge >= 0.3 is 0 Å². The highest BCUT2D eigenvalue weighted by molar-refractivity contribution is 7.92. The topological polar surface area (TPSA) is 86.8 Å². The predicted octanol–water partition coefficient (Wildman–Crippen LogP) is 4.54. The van der Waals surface area contributed by atoms with Crippen LogP contribution in [0.25, 0.3) is 0 Å². The number of benzene rings is 3. The summed E-state index contributed by atoms with van der Waals surface area (Å²) in [5.74, 6) is -1.31. The van der Waals surface area contributed by atoms with E-state index in [0.29, 0.717) is 6.42 Å². The number of amides is 2. The molecule has 0 aliphatic heterocycles. The molecule has 0 bridgehead atoms.